The highest BCUT2D eigenvalue weighted by Gasteiger charge is 2.40. The highest BCUT2D eigenvalue weighted by molar-refractivity contribution is 8.26. The molecule has 6 heteroatoms. The van der Waals surface area contributed by atoms with Gasteiger partial charge in [-0.05, 0) is 12.5 Å². The van der Waals surface area contributed by atoms with Crippen molar-refractivity contribution >= 4 is 51.4 Å². The fraction of sp³-hybridized carbons (Fsp3) is 0.389. The molecule has 0 unspecified atom stereocenters. The second-order valence-corrected chi connectivity index (χ2v) is 7.62. The molecule has 2 heterocycles. The van der Waals surface area contributed by atoms with Crippen molar-refractivity contribution in [1.29, 1.82) is 0 Å². The molecular weight excluding hydrogens is 340 g/mol. The molecule has 0 atom stereocenters. The minimum absolute atomic E-state index is 0.130. The minimum Gasteiger partial charge on any atom is -0.311 e. The summed E-state index contributed by atoms with van der Waals surface area (Å²) in [5, 5.41) is 0. The molecule has 24 heavy (non-hydrogen) atoms. The Morgan fingerprint density at radius 2 is 1.83 bits per heavy atom. The topological polar surface area (TPSA) is 40.6 Å². The van der Waals surface area contributed by atoms with Crippen LogP contribution in [0.15, 0.2) is 29.2 Å². The van der Waals surface area contributed by atoms with Crippen LogP contribution in [-0.2, 0) is 9.59 Å². The average molecular weight is 361 g/mol. The van der Waals surface area contributed by atoms with Gasteiger partial charge in [0.2, 0.25) is 0 Å². The van der Waals surface area contributed by atoms with Crippen molar-refractivity contribution in [2.24, 2.45) is 0 Å². The van der Waals surface area contributed by atoms with Crippen LogP contribution in [0.4, 0.5) is 5.69 Å². The molecule has 1 aromatic rings. The van der Waals surface area contributed by atoms with Crippen LogP contribution < -0.4 is 4.90 Å². The molecule has 0 bridgehead atoms. The largest absolute Gasteiger partial charge is 0.311 e. The number of benzene rings is 1. The highest BCUT2D eigenvalue weighted by atomic mass is 32.2. The number of rotatable bonds is 5. The summed E-state index contributed by atoms with van der Waals surface area (Å²) in [6, 6.07) is 7.56. The molecule has 0 N–H and O–H groups in total. The molecule has 0 radical (unpaired) electrons. The van der Waals surface area contributed by atoms with E-state index in [1.807, 2.05) is 24.3 Å². The molecule has 126 valence electrons. The smallest absolute Gasteiger partial charge is 0.267 e. The quantitative estimate of drug-likeness (QED) is 0.455. The van der Waals surface area contributed by atoms with Crippen molar-refractivity contribution in [3.8, 4) is 0 Å². The van der Waals surface area contributed by atoms with Gasteiger partial charge in [-0.1, -0.05) is 68.4 Å². The first-order valence-electron chi connectivity index (χ1n) is 8.21. The summed E-state index contributed by atoms with van der Waals surface area (Å²) < 4.78 is 0.554. The van der Waals surface area contributed by atoms with Gasteiger partial charge in [-0.3, -0.25) is 14.5 Å². The molecule has 2 aliphatic rings. The predicted molar refractivity (Wildman–Crippen MR) is 103 cm³/mol. The maximum absolute atomic E-state index is 12.8. The van der Waals surface area contributed by atoms with Crippen molar-refractivity contribution in [3.05, 3.63) is 34.7 Å². The number of hydrogen-bond acceptors (Lipinski definition) is 4. The lowest BCUT2D eigenvalue weighted by atomic mass is 10.1. The van der Waals surface area contributed by atoms with Crippen molar-refractivity contribution in [3.63, 3.8) is 0 Å². The first kappa shape index (κ1) is 17.2. The Hall–Kier alpha value is -1.66. The third-order valence-electron chi connectivity index (χ3n) is 4.36. The van der Waals surface area contributed by atoms with Gasteiger partial charge in [0.25, 0.3) is 11.8 Å². The van der Waals surface area contributed by atoms with Crippen molar-refractivity contribution in [1.82, 2.24) is 4.90 Å². The number of thioether (sulfide) groups is 1. The van der Waals surface area contributed by atoms with E-state index in [1.165, 1.54) is 11.8 Å². The van der Waals surface area contributed by atoms with Crippen LogP contribution in [0.1, 0.15) is 38.2 Å². The molecule has 1 saturated heterocycles. The Balaban J connectivity index is 1.90. The lowest BCUT2D eigenvalue weighted by Crippen LogP contribution is -2.29. The second kappa shape index (κ2) is 7.07. The third kappa shape index (κ3) is 2.89. The SMILES string of the molecule is CCCCCCN1C(=O)/C(=C2/C(=O)N(C)c3ccccc32)SC1=S. The first-order valence-corrected chi connectivity index (χ1v) is 9.44. The maximum Gasteiger partial charge on any atom is 0.267 e. The predicted octanol–water partition coefficient (Wildman–Crippen LogP) is 3.81. The van der Waals surface area contributed by atoms with Crippen LogP contribution in [0.2, 0.25) is 0 Å². The van der Waals surface area contributed by atoms with E-state index in [-0.39, 0.29) is 11.8 Å². The molecule has 0 aliphatic carbocycles. The van der Waals surface area contributed by atoms with Gasteiger partial charge in [-0.15, -0.1) is 0 Å². The van der Waals surface area contributed by atoms with Gasteiger partial charge in [0.05, 0.1) is 16.2 Å². The van der Waals surface area contributed by atoms with E-state index >= 15 is 0 Å². The van der Waals surface area contributed by atoms with Gasteiger partial charge in [0, 0.05) is 19.2 Å². The zero-order chi connectivity index (χ0) is 17.3. The summed E-state index contributed by atoms with van der Waals surface area (Å²) in [4.78, 5) is 29.2. The van der Waals surface area contributed by atoms with Crippen LogP contribution in [0, 0.1) is 0 Å². The summed E-state index contributed by atoms with van der Waals surface area (Å²) in [6.45, 7) is 2.79. The molecule has 0 spiro atoms. The minimum atomic E-state index is -0.136. The number of anilines is 1. The Bertz CT molecular complexity index is 742. The van der Waals surface area contributed by atoms with Gasteiger partial charge >= 0.3 is 0 Å². The summed E-state index contributed by atoms with van der Waals surface area (Å²) in [6.07, 6.45) is 4.34. The molecular formula is C18H20N2O2S2. The lowest BCUT2D eigenvalue weighted by molar-refractivity contribution is -0.122. The Labute approximate surface area is 151 Å². The van der Waals surface area contributed by atoms with Crippen LogP contribution in [0.5, 0.6) is 0 Å². The van der Waals surface area contributed by atoms with Crippen LogP contribution in [-0.4, -0.2) is 34.6 Å². The zero-order valence-electron chi connectivity index (χ0n) is 13.9. The molecule has 1 fully saturated rings. The molecule has 4 nitrogen and oxygen atoms in total. The summed E-state index contributed by atoms with van der Waals surface area (Å²) >= 11 is 6.64. The normalized spacial score (nSPS) is 20.3. The second-order valence-electron chi connectivity index (χ2n) is 5.97. The number of carbonyl (C=O) groups is 2. The Morgan fingerprint density at radius 3 is 2.58 bits per heavy atom. The molecule has 0 saturated carbocycles. The molecule has 0 aromatic heterocycles. The fourth-order valence-corrected chi connectivity index (χ4v) is 4.41. The number of thiocarbonyl (C=S) groups is 1. The van der Waals surface area contributed by atoms with Gasteiger partial charge in [0.1, 0.15) is 4.32 Å². The number of fused-ring (bicyclic) bond motifs is 1. The molecule has 3 rings (SSSR count). The fourth-order valence-electron chi connectivity index (χ4n) is 3.03. The van der Waals surface area contributed by atoms with E-state index in [1.54, 1.807) is 16.8 Å². The van der Waals surface area contributed by atoms with Crippen molar-refractivity contribution in [2.75, 3.05) is 18.5 Å². The van der Waals surface area contributed by atoms with Gasteiger partial charge < -0.3 is 4.90 Å². The number of unbranched alkanes of at least 4 members (excludes halogenated alkanes) is 3. The third-order valence-corrected chi connectivity index (χ3v) is 5.81. The van der Waals surface area contributed by atoms with E-state index in [0.717, 1.165) is 36.9 Å². The number of amides is 2. The monoisotopic (exact) mass is 360 g/mol. The zero-order valence-corrected chi connectivity index (χ0v) is 15.5. The number of likely N-dealkylation sites (N-methyl/N-ethyl adjacent to an activating group) is 1. The van der Waals surface area contributed by atoms with E-state index in [2.05, 4.69) is 6.92 Å². The number of nitrogens with zero attached hydrogens (tertiary/aromatic N) is 2. The lowest BCUT2D eigenvalue weighted by Gasteiger charge is -2.14. The number of hydrogen-bond donors (Lipinski definition) is 0. The van der Waals surface area contributed by atoms with Crippen LogP contribution in [0.25, 0.3) is 5.57 Å². The summed E-state index contributed by atoms with van der Waals surface area (Å²) in [5.74, 6) is -0.266. The van der Waals surface area contributed by atoms with Gasteiger partial charge in [-0.2, -0.15) is 0 Å². The van der Waals surface area contributed by atoms with E-state index in [0.29, 0.717) is 21.3 Å². The Kier molecular flexibility index (Phi) is 5.06. The van der Waals surface area contributed by atoms with Crippen LogP contribution in [0.3, 0.4) is 0 Å². The van der Waals surface area contributed by atoms with E-state index in [9.17, 15) is 9.59 Å². The average Bonchev–Trinajstić information content (AvgIpc) is 2.99. The van der Waals surface area contributed by atoms with E-state index in [4.69, 9.17) is 12.2 Å². The van der Waals surface area contributed by atoms with Crippen molar-refractivity contribution < 1.29 is 9.59 Å². The molecule has 2 amide bonds. The number of carbonyl (C=O) groups excluding carboxylic acids is 2. The van der Waals surface area contributed by atoms with Gasteiger partial charge in [0.15, 0.2) is 0 Å². The summed E-state index contributed by atoms with van der Waals surface area (Å²) in [7, 11) is 1.74. The van der Waals surface area contributed by atoms with Crippen LogP contribution >= 0.6 is 24.0 Å². The molecule has 1 aromatic carbocycles. The highest BCUT2D eigenvalue weighted by Crippen LogP contribution is 2.43. The van der Waals surface area contributed by atoms with Crippen molar-refractivity contribution in [2.45, 2.75) is 32.6 Å². The van der Waals surface area contributed by atoms with E-state index < -0.39 is 0 Å². The summed E-state index contributed by atoms with van der Waals surface area (Å²) in [5.41, 5.74) is 2.14. The standard InChI is InChI=1S/C18H20N2O2S2/c1-3-4-5-8-11-20-17(22)15(24-18(20)23)14-12-9-6-7-10-13(12)19(2)16(14)21/h6-7,9-10H,3-5,8,11H2,1-2H3/b15-14-. The maximum atomic E-state index is 12.8. The first-order chi connectivity index (χ1) is 11.6. The Morgan fingerprint density at radius 1 is 1.08 bits per heavy atom. The number of para-hydroxylation sites is 1. The van der Waals surface area contributed by atoms with Gasteiger partial charge in [-0.25, -0.2) is 0 Å². The molecule has 2 aliphatic heterocycles.